The zero-order chi connectivity index (χ0) is 30.1. The predicted molar refractivity (Wildman–Crippen MR) is 166 cm³/mol. The van der Waals surface area contributed by atoms with Crippen LogP contribution in [0.1, 0.15) is 40.5 Å². The molecule has 41 heavy (non-hydrogen) atoms. The highest BCUT2D eigenvalue weighted by Crippen LogP contribution is 2.67. The first-order chi connectivity index (χ1) is 19.5. The maximum absolute atomic E-state index is 13.0. The third kappa shape index (κ3) is 5.57. The van der Waals surface area contributed by atoms with Gasteiger partial charge >= 0.3 is 0 Å². The third-order valence-electron chi connectivity index (χ3n) is 7.70. The van der Waals surface area contributed by atoms with Gasteiger partial charge in [0.25, 0.3) is 0 Å². The van der Waals surface area contributed by atoms with E-state index < -0.39 is 7.92 Å². The van der Waals surface area contributed by atoms with Crippen LogP contribution in [0.3, 0.4) is 0 Å². The molecular formula is C33H41O7P. The van der Waals surface area contributed by atoms with Gasteiger partial charge in [0.05, 0.1) is 53.8 Å². The van der Waals surface area contributed by atoms with Crippen LogP contribution in [0.25, 0.3) is 22.3 Å². The van der Waals surface area contributed by atoms with Gasteiger partial charge in [0.1, 0.15) is 40.3 Å². The van der Waals surface area contributed by atoms with Gasteiger partial charge < -0.3 is 28.4 Å². The van der Waals surface area contributed by atoms with Crippen molar-refractivity contribution in [2.75, 3.05) is 42.7 Å². The predicted octanol–water partition coefficient (Wildman–Crippen LogP) is 7.10. The normalized spacial score (nSPS) is 16.2. The average molecular weight is 581 g/mol. The first kappa shape index (κ1) is 30.5. The van der Waals surface area contributed by atoms with E-state index in [1.165, 1.54) is 0 Å². The van der Waals surface area contributed by atoms with Gasteiger partial charge in [-0.25, -0.2) is 0 Å². The second kappa shape index (κ2) is 11.8. The number of hydrogen-bond acceptors (Lipinski definition) is 7. The molecule has 1 heterocycles. The van der Waals surface area contributed by atoms with Crippen molar-refractivity contribution in [3.63, 3.8) is 0 Å². The quantitative estimate of drug-likeness (QED) is 0.250. The molecule has 1 aliphatic rings. The van der Waals surface area contributed by atoms with Crippen molar-refractivity contribution in [3.05, 3.63) is 42.5 Å². The number of methoxy groups -OCH3 is 6. The Morgan fingerprint density at radius 3 is 1.22 bits per heavy atom. The average Bonchev–Trinajstić information content (AvgIpc) is 2.94. The molecule has 1 saturated heterocycles. The largest absolute Gasteiger partial charge is 0.496 e. The highest BCUT2D eigenvalue weighted by atomic mass is 31.1. The zero-order valence-electron chi connectivity index (χ0n) is 25.8. The van der Waals surface area contributed by atoms with Crippen LogP contribution < -0.4 is 33.7 Å². The zero-order valence-corrected chi connectivity index (χ0v) is 26.7. The summed E-state index contributed by atoms with van der Waals surface area (Å²) in [5, 5.41) is 0.547. The molecule has 0 N–H and O–H groups in total. The van der Waals surface area contributed by atoms with Crippen LogP contribution in [0, 0.1) is 0 Å². The van der Waals surface area contributed by atoms with E-state index in [0.29, 0.717) is 47.3 Å². The summed E-state index contributed by atoms with van der Waals surface area (Å²) in [5.41, 5.74) is 3.59. The topological polar surface area (TPSA) is 72.5 Å². The summed E-state index contributed by atoms with van der Waals surface area (Å²) in [5.74, 6) is 4.08. The Balaban J connectivity index is 2.21. The molecule has 0 amide bonds. The van der Waals surface area contributed by atoms with E-state index in [-0.39, 0.29) is 16.1 Å². The lowest BCUT2D eigenvalue weighted by Crippen LogP contribution is -2.44. The van der Waals surface area contributed by atoms with Gasteiger partial charge in [-0.1, -0.05) is 53.8 Å². The number of ether oxygens (including phenoxy) is 6. The smallest absolute Gasteiger partial charge is 0.134 e. The second-order valence-corrected chi connectivity index (χ2v) is 14.9. The minimum atomic E-state index is -0.967. The summed E-state index contributed by atoms with van der Waals surface area (Å²) in [6.07, 6.45) is 1.01. The Morgan fingerprint density at radius 2 is 0.927 bits per heavy atom. The monoisotopic (exact) mass is 580 g/mol. The fourth-order valence-electron chi connectivity index (χ4n) is 6.34. The summed E-state index contributed by atoms with van der Waals surface area (Å²) in [6, 6.07) is 13.7. The van der Waals surface area contributed by atoms with Crippen molar-refractivity contribution in [2.45, 2.75) is 50.8 Å². The molecule has 7 nitrogen and oxygen atoms in total. The number of carbonyl (C=O) groups is 1. The molecule has 8 heteroatoms. The van der Waals surface area contributed by atoms with Crippen molar-refractivity contribution < 1.29 is 33.2 Å². The summed E-state index contributed by atoms with van der Waals surface area (Å²) in [4.78, 5) is 13.0. The molecule has 4 rings (SSSR count). The van der Waals surface area contributed by atoms with Gasteiger partial charge in [0.15, 0.2) is 0 Å². The first-order valence-corrected chi connectivity index (χ1v) is 14.9. The van der Waals surface area contributed by atoms with Gasteiger partial charge in [-0.05, 0) is 26.7 Å². The van der Waals surface area contributed by atoms with Crippen molar-refractivity contribution >= 4 is 19.0 Å². The molecule has 3 aromatic rings. The standard InChI is InChI=1S/C33H41O7P/c1-32(2)18-20(34)19-33(3,4)41(32)31-23(29-25(37-7)14-21(35-5)15-26(29)38-8)12-11-13-24(31)30-27(39-9)16-22(36-6)17-28(30)40-10/h11-17H,18-19H2,1-10H3. The number of rotatable bonds is 9. The maximum Gasteiger partial charge on any atom is 0.134 e. The molecule has 0 atom stereocenters. The van der Waals surface area contributed by atoms with Crippen molar-refractivity contribution in [3.8, 4) is 56.8 Å². The molecule has 0 radical (unpaired) electrons. The van der Waals surface area contributed by atoms with E-state index in [1.54, 1.807) is 42.7 Å². The van der Waals surface area contributed by atoms with Crippen LogP contribution >= 0.6 is 7.92 Å². The van der Waals surface area contributed by atoms with Gasteiger partial charge in [0.2, 0.25) is 0 Å². The fourth-order valence-corrected chi connectivity index (χ4v) is 10.7. The Hall–Kier alpha value is -3.44. The summed E-state index contributed by atoms with van der Waals surface area (Å²) >= 11 is 0. The number of ketones is 1. The number of Topliss-reactive ketones (excluding diaryl/α,β-unsaturated/α-hetero) is 1. The van der Waals surface area contributed by atoms with Gasteiger partial charge in [-0.3, -0.25) is 4.79 Å². The van der Waals surface area contributed by atoms with Crippen LogP contribution in [0.4, 0.5) is 0 Å². The molecule has 220 valence electrons. The number of benzene rings is 3. The van der Waals surface area contributed by atoms with Crippen molar-refractivity contribution in [2.24, 2.45) is 0 Å². The van der Waals surface area contributed by atoms with Crippen LogP contribution in [0.2, 0.25) is 0 Å². The number of hydrogen-bond donors (Lipinski definition) is 0. The fraction of sp³-hybridized carbons (Fsp3) is 0.424. The Bertz CT molecular complexity index is 1290. The van der Waals surface area contributed by atoms with Crippen LogP contribution in [0.15, 0.2) is 42.5 Å². The third-order valence-corrected chi connectivity index (χ3v) is 11.4. The molecule has 0 spiro atoms. The summed E-state index contributed by atoms with van der Waals surface area (Å²) in [7, 11) is 8.87. The first-order valence-electron chi connectivity index (χ1n) is 13.5. The molecule has 1 aliphatic heterocycles. The Labute approximate surface area is 244 Å². The Morgan fingerprint density at radius 1 is 0.585 bits per heavy atom. The maximum atomic E-state index is 13.0. The SMILES string of the molecule is COc1cc(OC)c(-c2cccc(-c3c(OC)cc(OC)cc3OC)c2P2C(C)(C)CC(=O)CC2(C)C)c(OC)c1. The van der Waals surface area contributed by atoms with E-state index in [0.717, 1.165) is 27.6 Å². The van der Waals surface area contributed by atoms with E-state index in [2.05, 4.69) is 39.8 Å². The van der Waals surface area contributed by atoms with Crippen molar-refractivity contribution in [1.82, 2.24) is 0 Å². The minimum Gasteiger partial charge on any atom is -0.496 e. The molecule has 0 unspecified atom stereocenters. The van der Waals surface area contributed by atoms with Crippen LogP contribution in [-0.4, -0.2) is 58.8 Å². The van der Waals surface area contributed by atoms with E-state index >= 15 is 0 Å². The lowest BCUT2D eigenvalue weighted by atomic mass is 9.95. The van der Waals surface area contributed by atoms with Gasteiger partial charge in [-0.2, -0.15) is 0 Å². The second-order valence-electron chi connectivity index (χ2n) is 11.4. The van der Waals surface area contributed by atoms with Crippen LogP contribution in [-0.2, 0) is 4.79 Å². The number of carbonyl (C=O) groups excluding carboxylic acids is 1. The van der Waals surface area contributed by atoms with Gasteiger partial charge in [0, 0.05) is 37.1 Å². The Kier molecular flexibility index (Phi) is 8.79. The van der Waals surface area contributed by atoms with Crippen molar-refractivity contribution in [1.29, 1.82) is 0 Å². The molecule has 0 saturated carbocycles. The molecule has 0 bridgehead atoms. The lowest BCUT2D eigenvalue weighted by Gasteiger charge is -2.50. The molecule has 0 aliphatic carbocycles. The summed E-state index contributed by atoms with van der Waals surface area (Å²) < 4.78 is 34.9. The minimum absolute atomic E-state index is 0.289. The molecular weight excluding hydrogens is 539 g/mol. The van der Waals surface area contributed by atoms with Crippen LogP contribution in [0.5, 0.6) is 34.5 Å². The summed E-state index contributed by atoms with van der Waals surface area (Å²) in [6.45, 7) is 8.85. The van der Waals surface area contributed by atoms with E-state index in [1.807, 2.05) is 30.3 Å². The molecule has 3 aromatic carbocycles. The highest BCUT2D eigenvalue weighted by Gasteiger charge is 2.49. The molecule has 0 aromatic heterocycles. The van der Waals surface area contributed by atoms with Gasteiger partial charge in [-0.15, -0.1) is 0 Å². The molecule has 1 fully saturated rings. The highest BCUT2D eigenvalue weighted by molar-refractivity contribution is 7.69. The lowest BCUT2D eigenvalue weighted by molar-refractivity contribution is -0.120. The van der Waals surface area contributed by atoms with E-state index in [4.69, 9.17) is 28.4 Å². The van der Waals surface area contributed by atoms with E-state index in [9.17, 15) is 4.79 Å².